The van der Waals surface area contributed by atoms with Crippen LogP contribution in [0.1, 0.15) is 27.9 Å². The van der Waals surface area contributed by atoms with E-state index in [-0.39, 0.29) is 11.5 Å². The number of benzene rings is 1. The molecule has 0 N–H and O–H groups in total. The number of hydrogen-bond acceptors (Lipinski definition) is 6. The summed E-state index contributed by atoms with van der Waals surface area (Å²) < 4.78 is 10.7. The molecule has 0 fully saturated rings. The topological polar surface area (TPSA) is 69.1 Å². The van der Waals surface area contributed by atoms with E-state index in [0.717, 1.165) is 18.4 Å². The fraction of sp³-hybridized carbons (Fsp3) is 0.235. The number of carbonyl (C=O) groups is 1. The first-order valence-corrected chi connectivity index (χ1v) is 8.43. The molecule has 3 aromatic rings. The van der Waals surface area contributed by atoms with Crippen LogP contribution in [0.25, 0.3) is 11.7 Å². The van der Waals surface area contributed by atoms with Crippen LogP contribution in [0.5, 0.6) is 0 Å². The molecule has 1 aliphatic carbocycles. The number of nitrogens with zero attached hydrogens (tertiary/aromatic N) is 2. The molecule has 0 unspecified atom stereocenters. The van der Waals surface area contributed by atoms with E-state index >= 15 is 0 Å². The van der Waals surface area contributed by atoms with Crippen molar-refractivity contribution in [1.82, 2.24) is 10.2 Å². The van der Waals surface area contributed by atoms with E-state index < -0.39 is 0 Å². The van der Waals surface area contributed by atoms with E-state index in [1.54, 1.807) is 18.4 Å². The predicted molar refractivity (Wildman–Crippen MR) is 85.5 cm³/mol. The van der Waals surface area contributed by atoms with Crippen LogP contribution in [0.4, 0.5) is 0 Å². The number of fused-ring (bicyclic) bond motifs is 1. The monoisotopic (exact) mass is 326 g/mol. The second-order valence-corrected chi connectivity index (χ2v) is 6.33. The van der Waals surface area contributed by atoms with E-state index in [9.17, 15) is 4.79 Å². The van der Waals surface area contributed by atoms with Crippen LogP contribution in [0, 0.1) is 0 Å². The van der Waals surface area contributed by atoms with Gasteiger partial charge in [0.05, 0.1) is 12.0 Å². The summed E-state index contributed by atoms with van der Waals surface area (Å²) in [6, 6.07) is 9.51. The summed E-state index contributed by atoms with van der Waals surface area (Å²) in [5, 5.41) is 8.21. The first kappa shape index (κ1) is 14.3. The van der Waals surface area contributed by atoms with Crippen LogP contribution in [0.2, 0.25) is 0 Å². The van der Waals surface area contributed by atoms with Gasteiger partial charge in [-0.25, -0.2) is 0 Å². The smallest absolute Gasteiger partial charge is 0.284 e. The van der Waals surface area contributed by atoms with Crippen molar-refractivity contribution in [3.8, 4) is 11.7 Å². The molecule has 2 heterocycles. The fourth-order valence-corrected chi connectivity index (χ4v) is 3.38. The van der Waals surface area contributed by atoms with Gasteiger partial charge in [-0.1, -0.05) is 23.9 Å². The summed E-state index contributed by atoms with van der Waals surface area (Å²) in [6.07, 6.45) is 4.92. The van der Waals surface area contributed by atoms with Gasteiger partial charge < -0.3 is 8.83 Å². The van der Waals surface area contributed by atoms with Gasteiger partial charge in [0.25, 0.3) is 11.1 Å². The van der Waals surface area contributed by atoms with E-state index in [1.807, 2.05) is 12.1 Å². The van der Waals surface area contributed by atoms with Gasteiger partial charge in [0.1, 0.15) is 0 Å². The van der Waals surface area contributed by atoms with Gasteiger partial charge in [-0.2, -0.15) is 0 Å². The number of hydrogen-bond donors (Lipinski definition) is 0. The van der Waals surface area contributed by atoms with Crippen LogP contribution < -0.4 is 0 Å². The minimum atomic E-state index is 0.0717. The standard InChI is InChI=1S/C17H14N2O3S/c20-14(13-7-6-11-3-1-4-12(11)9-13)10-23-17-19-18-16(22-17)15-5-2-8-21-15/h2,5-9H,1,3-4,10H2. The second kappa shape index (κ2) is 6.04. The average Bonchev–Trinajstić information content (AvgIpc) is 3.32. The van der Waals surface area contributed by atoms with Crippen LogP contribution in [0.15, 0.2) is 50.7 Å². The number of ketones is 1. The zero-order valence-electron chi connectivity index (χ0n) is 12.3. The Morgan fingerprint density at radius 1 is 1.17 bits per heavy atom. The summed E-state index contributed by atoms with van der Waals surface area (Å²) in [4.78, 5) is 12.3. The molecular formula is C17H14N2O3S. The van der Waals surface area contributed by atoms with Crippen molar-refractivity contribution < 1.29 is 13.6 Å². The highest BCUT2D eigenvalue weighted by Crippen LogP contribution is 2.26. The summed E-state index contributed by atoms with van der Waals surface area (Å²) in [5.74, 6) is 1.19. The van der Waals surface area contributed by atoms with Crippen molar-refractivity contribution in [1.29, 1.82) is 0 Å². The molecule has 0 aliphatic heterocycles. The van der Waals surface area contributed by atoms with Gasteiger partial charge in [0.15, 0.2) is 11.5 Å². The Labute approximate surface area is 137 Å². The molecule has 0 atom stereocenters. The number of rotatable bonds is 5. The molecule has 0 radical (unpaired) electrons. The van der Waals surface area contributed by atoms with Gasteiger partial charge in [0, 0.05) is 5.56 Å². The van der Waals surface area contributed by atoms with Crippen molar-refractivity contribution >= 4 is 17.5 Å². The number of thioether (sulfide) groups is 1. The third kappa shape index (κ3) is 2.94. The molecule has 1 aliphatic rings. The van der Waals surface area contributed by atoms with E-state index in [0.29, 0.717) is 16.9 Å². The summed E-state index contributed by atoms with van der Waals surface area (Å²) in [7, 11) is 0. The predicted octanol–water partition coefficient (Wildman–Crippen LogP) is 3.79. The molecule has 116 valence electrons. The first-order chi connectivity index (χ1) is 11.3. The molecule has 6 heteroatoms. The molecule has 0 saturated heterocycles. The van der Waals surface area contributed by atoms with Crippen molar-refractivity contribution in [3.05, 3.63) is 53.3 Å². The van der Waals surface area contributed by atoms with Gasteiger partial charge in [-0.05, 0) is 48.6 Å². The van der Waals surface area contributed by atoms with Gasteiger partial charge in [-0.15, -0.1) is 10.2 Å². The normalized spacial score (nSPS) is 13.2. The Bertz CT molecular complexity index is 839. The van der Waals surface area contributed by atoms with Gasteiger partial charge >= 0.3 is 0 Å². The van der Waals surface area contributed by atoms with Crippen LogP contribution in [-0.4, -0.2) is 21.7 Å². The number of aryl methyl sites for hydroxylation is 2. The lowest BCUT2D eigenvalue weighted by molar-refractivity contribution is 0.102. The minimum absolute atomic E-state index is 0.0717. The highest BCUT2D eigenvalue weighted by Gasteiger charge is 2.16. The number of carbonyl (C=O) groups excluding carboxylic acids is 1. The van der Waals surface area contributed by atoms with Crippen molar-refractivity contribution in [2.45, 2.75) is 24.5 Å². The summed E-state index contributed by atoms with van der Waals surface area (Å²) in [6.45, 7) is 0. The number of furan rings is 1. The Kier molecular flexibility index (Phi) is 3.75. The lowest BCUT2D eigenvalue weighted by Crippen LogP contribution is -2.03. The minimum Gasteiger partial charge on any atom is -0.459 e. The maximum atomic E-state index is 12.3. The average molecular weight is 326 g/mol. The molecule has 0 amide bonds. The van der Waals surface area contributed by atoms with E-state index in [1.165, 1.54) is 29.3 Å². The molecule has 0 bridgehead atoms. The Morgan fingerprint density at radius 2 is 2.09 bits per heavy atom. The summed E-state index contributed by atoms with van der Waals surface area (Å²) >= 11 is 1.24. The van der Waals surface area contributed by atoms with Gasteiger partial charge in [-0.3, -0.25) is 4.79 Å². The largest absolute Gasteiger partial charge is 0.459 e. The van der Waals surface area contributed by atoms with Crippen LogP contribution in [0.3, 0.4) is 0 Å². The molecule has 0 saturated carbocycles. The maximum absolute atomic E-state index is 12.3. The quantitative estimate of drug-likeness (QED) is 0.525. The van der Waals surface area contributed by atoms with Crippen LogP contribution >= 0.6 is 11.8 Å². The molecule has 23 heavy (non-hydrogen) atoms. The van der Waals surface area contributed by atoms with Crippen molar-refractivity contribution in [3.63, 3.8) is 0 Å². The highest BCUT2D eigenvalue weighted by molar-refractivity contribution is 7.99. The first-order valence-electron chi connectivity index (χ1n) is 7.45. The third-order valence-electron chi connectivity index (χ3n) is 3.89. The van der Waals surface area contributed by atoms with Crippen molar-refractivity contribution in [2.24, 2.45) is 0 Å². The second-order valence-electron chi connectivity index (χ2n) is 5.40. The molecule has 4 rings (SSSR count). The number of Topliss-reactive ketones (excluding diaryl/α,β-unsaturated/α-hetero) is 1. The Hall–Kier alpha value is -2.34. The maximum Gasteiger partial charge on any atom is 0.284 e. The third-order valence-corrected chi connectivity index (χ3v) is 4.70. The van der Waals surface area contributed by atoms with Gasteiger partial charge in [0.2, 0.25) is 0 Å². The van der Waals surface area contributed by atoms with E-state index in [4.69, 9.17) is 8.83 Å². The number of aromatic nitrogens is 2. The van der Waals surface area contributed by atoms with Crippen LogP contribution in [-0.2, 0) is 12.8 Å². The molecule has 0 spiro atoms. The fourth-order valence-electron chi connectivity index (χ4n) is 2.72. The SMILES string of the molecule is O=C(CSc1nnc(-c2ccco2)o1)c1ccc2c(c1)CCC2. The lowest BCUT2D eigenvalue weighted by atomic mass is 10.0. The Morgan fingerprint density at radius 3 is 2.96 bits per heavy atom. The zero-order valence-corrected chi connectivity index (χ0v) is 13.1. The van der Waals surface area contributed by atoms with Crippen molar-refractivity contribution in [2.75, 3.05) is 5.75 Å². The molecular weight excluding hydrogens is 312 g/mol. The summed E-state index contributed by atoms with van der Waals surface area (Å²) in [5.41, 5.74) is 3.43. The van der Waals surface area contributed by atoms with E-state index in [2.05, 4.69) is 16.3 Å². The molecule has 1 aromatic carbocycles. The molecule has 2 aromatic heterocycles. The highest BCUT2D eigenvalue weighted by atomic mass is 32.2. The lowest BCUT2D eigenvalue weighted by Gasteiger charge is -2.03. The Balaban J connectivity index is 1.42. The zero-order chi connectivity index (χ0) is 15.6. The molecule has 5 nitrogen and oxygen atoms in total.